The molecule has 2 atom stereocenters. The van der Waals surface area contributed by atoms with Gasteiger partial charge in [0, 0.05) is 37.9 Å². The summed E-state index contributed by atoms with van der Waals surface area (Å²) in [4.78, 5) is 28.0. The molecule has 7 nitrogen and oxygen atoms in total. The van der Waals surface area contributed by atoms with E-state index in [4.69, 9.17) is 0 Å². The lowest BCUT2D eigenvalue weighted by molar-refractivity contribution is 0.0694. The molecule has 1 saturated carbocycles. The molecule has 2 aliphatic heterocycles. The van der Waals surface area contributed by atoms with E-state index >= 15 is 8.78 Å². The van der Waals surface area contributed by atoms with Crippen LogP contribution in [-0.2, 0) is 0 Å². The molecule has 3 fully saturated rings. The normalized spacial score (nSPS) is 24.0. The Morgan fingerprint density at radius 1 is 1.19 bits per heavy atom. The number of carboxylic acids is 1. The predicted octanol–water partition coefficient (Wildman–Crippen LogP) is 2.21. The highest BCUT2D eigenvalue weighted by Gasteiger charge is 2.41. The maximum absolute atomic E-state index is 15.8. The molecule has 0 bridgehead atoms. The first-order valence-electron chi connectivity index (χ1n) is 10.8. The van der Waals surface area contributed by atoms with E-state index in [-0.39, 0.29) is 41.2 Å². The van der Waals surface area contributed by atoms with Crippen molar-refractivity contribution in [1.82, 2.24) is 9.47 Å². The molecule has 166 valence electrons. The van der Waals surface area contributed by atoms with Crippen molar-refractivity contribution in [3.8, 4) is 0 Å². The Morgan fingerprint density at radius 3 is 2.65 bits per heavy atom. The Kier molecular flexibility index (Phi) is 4.97. The highest BCUT2D eigenvalue weighted by Crippen LogP contribution is 2.41. The van der Waals surface area contributed by atoms with E-state index in [0.29, 0.717) is 19.6 Å². The van der Waals surface area contributed by atoms with E-state index in [0.717, 1.165) is 38.3 Å². The first kappa shape index (κ1) is 20.4. The summed E-state index contributed by atoms with van der Waals surface area (Å²) in [5.74, 6) is -2.80. The molecule has 31 heavy (non-hydrogen) atoms. The first-order chi connectivity index (χ1) is 14.9. The summed E-state index contributed by atoms with van der Waals surface area (Å²) in [5.41, 5.74) is -1.51. The second kappa shape index (κ2) is 7.56. The van der Waals surface area contributed by atoms with Crippen molar-refractivity contribution >= 4 is 22.6 Å². The van der Waals surface area contributed by atoms with E-state index < -0.39 is 28.6 Å². The SMILES string of the molecule is O=C(O)c1cn(C2CC2)c2c(F)c(N3CC4CCCN(CCO)C4C3)c(F)cc2c1=O. The van der Waals surface area contributed by atoms with Crippen LogP contribution in [0.3, 0.4) is 0 Å². The molecule has 2 saturated heterocycles. The molecule has 3 aliphatic rings. The summed E-state index contributed by atoms with van der Waals surface area (Å²) in [6.45, 7) is 2.40. The topological polar surface area (TPSA) is 86.0 Å². The van der Waals surface area contributed by atoms with Crippen molar-refractivity contribution in [3.63, 3.8) is 0 Å². The number of aromatic nitrogens is 1. The second-order valence-corrected chi connectivity index (χ2v) is 8.87. The van der Waals surface area contributed by atoms with Crippen LogP contribution in [0.2, 0.25) is 0 Å². The minimum absolute atomic E-state index is 0.0176. The van der Waals surface area contributed by atoms with Crippen LogP contribution >= 0.6 is 0 Å². The Balaban J connectivity index is 1.62. The Bertz CT molecular complexity index is 1110. The predicted molar refractivity (Wildman–Crippen MR) is 111 cm³/mol. The number of fused-ring (bicyclic) bond motifs is 2. The van der Waals surface area contributed by atoms with Gasteiger partial charge in [0.05, 0.1) is 17.5 Å². The molecule has 2 N–H and O–H groups in total. The van der Waals surface area contributed by atoms with Gasteiger partial charge in [-0.05, 0) is 44.2 Å². The zero-order valence-corrected chi connectivity index (χ0v) is 17.1. The van der Waals surface area contributed by atoms with Crippen LogP contribution in [-0.4, -0.2) is 64.5 Å². The summed E-state index contributed by atoms with van der Waals surface area (Å²) in [6, 6.07) is 1.03. The second-order valence-electron chi connectivity index (χ2n) is 8.87. The van der Waals surface area contributed by atoms with E-state index in [1.807, 2.05) is 0 Å². The van der Waals surface area contributed by atoms with Crippen LogP contribution in [0.25, 0.3) is 10.9 Å². The maximum atomic E-state index is 15.8. The van der Waals surface area contributed by atoms with Gasteiger partial charge in [-0.25, -0.2) is 13.6 Å². The van der Waals surface area contributed by atoms with Crippen LogP contribution in [0.15, 0.2) is 17.1 Å². The summed E-state index contributed by atoms with van der Waals surface area (Å²) in [7, 11) is 0. The van der Waals surface area contributed by atoms with Gasteiger partial charge < -0.3 is 19.7 Å². The molecule has 0 amide bonds. The lowest BCUT2D eigenvalue weighted by Gasteiger charge is -2.36. The van der Waals surface area contributed by atoms with Gasteiger partial charge in [0.2, 0.25) is 5.43 Å². The third-order valence-electron chi connectivity index (χ3n) is 6.95. The van der Waals surface area contributed by atoms with Gasteiger partial charge in [0.1, 0.15) is 17.1 Å². The largest absolute Gasteiger partial charge is 0.477 e. The number of carbonyl (C=O) groups is 1. The molecule has 1 aliphatic carbocycles. The van der Waals surface area contributed by atoms with E-state index in [1.54, 1.807) is 4.90 Å². The maximum Gasteiger partial charge on any atom is 0.341 e. The van der Waals surface area contributed by atoms with Gasteiger partial charge in [-0.1, -0.05) is 0 Å². The number of aromatic carboxylic acids is 1. The number of aliphatic hydroxyl groups excluding tert-OH is 1. The van der Waals surface area contributed by atoms with Crippen LogP contribution in [0.4, 0.5) is 14.5 Å². The monoisotopic (exact) mass is 433 g/mol. The summed E-state index contributed by atoms with van der Waals surface area (Å²) in [6.07, 6.45) is 4.66. The van der Waals surface area contributed by atoms with Crippen molar-refractivity contribution < 1.29 is 23.8 Å². The van der Waals surface area contributed by atoms with Crippen molar-refractivity contribution in [2.24, 2.45) is 5.92 Å². The highest BCUT2D eigenvalue weighted by atomic mass is 19.1. The summed E-state index contributed by atoms with van der Waals surface area (Å²) in [5, 5.41) is 18.5. The average Bonchev–Trinajstić information content (AvgIpc) is 3.48. The van der Waals surface area contributed by atoms with Crippen molar-refractivity contribution in [3.05, 3.63) is 39.7 Å². The van der Waals surface area contributed by atoms with Gasteiger partial charge in [0.15, 0.2) is 5.82 Å². The zero-order valence-electron chi connectivity index (χ0n) is 17.1. The lowest BCUT2D eigenvalue weighted by atomic mass is 9.92. The molecule has 1 aromatic carbocycles. The fourth-order valence-corrected chi connectivity index (χ4v) is 5.38. The Morgan fingerprint density at radius 2 is 1.97 bits per heavy atom. The van der Waals surface area contributed by atoms with Crippen LogP contribution in [0.1, 0.15) is 42.1 Å². The summed E-state index contributed by atoms with van der Waals surface area (Å²) < 4.78 is 32.5. The number of rotatable bonds is 5. The average molecular weight is 433 g/mol. The van der Waals surface area contributed by atoms with Crippen molar-refractivity contribution in [1.29, 1.82) is 0 Å². The van der Waals surface area contributed by atoms with Crippen molar-refractivity contribution in [2.45, 2.75) is 37.8 Å². The minimum atomic E-state index is -1.40. The third-order valence-corrected chi connectivity index (χ3v) is 6.95. The van der Waals surface area contributed by atoms with E-state index in [9.17, 15) is 19.8 Å². The standard InChI is InChI=1S/C22H25F2N3O4/c23-16-8-14-19(27(13-3-4-13)10-15(21(14)29)22(30)31)18(24)20(16)26-9-12-2-1-5-25(6-7-28)17(12)11-26/h8,10,12-13,17,28H,1-7,9,11H2,(H,30,31). The quantitative estimate of drug-likeness (QED) is 0.752. The molecule has 2 unspecified atom stereocenters. The fourth-order valence-electron chi connectivity index (χ4n) is 5.38. The fraction of sp³-hybridized carbons (Fsp3) is 0.545. The Hall–Kier alpha value is -2.52. The minimum Gasteiger partial charge on any atom is -0.477 e. The molecule has 9 heteroatoms. The van der Waals surface area contributed by atoms with Crippen molar-refractivity contribution in [2.75, 3.05) is 37.7 Å². The number of nitrogens with zero attached hydrogens (tertiary/aromatic N) is 3. The van der Waals surface area contributed by atoms with Crippen LogP contribution in [0.5, 0.6) is 0 Å². The summed E-state index contributed by atoms with van der Waals surface area (Å²) >= 11 is 0. The van der Waals surface area contributed by atoms with Gasteiger partial charge >= 0.3 is 5.97 Å². The number of carboxylic acid groups (broad SMARTS) is 1. The van der Waals surface area contributed by atoms with E-state index in [1.165, 1.54) is 10.8 Å². The van der Waals surface area contributed by atoms with Gasteiger partial charge in [-0.3, -0.25) is 9.69 Å². The number of β-amino-alcohol motifs (C(OH)–C–C–N with tert-alkyl or cyclic N) is 1. The molecule has 5 rings (SSSR count). The molecule has 1 aromatic heterocycles. The number of anilines is 1. The number of hydrogen-bond acceptors (Lipinski definition) is 5. The lowest BCUT2D eigenvalue weighted by Crippen LogP contribution is -2.46. The van der Waals surface area contributed by atoms with E-state index in [2.05, 4.69) is 4.90 Å². The van der Waals surface area contributed by atoms with Crippen LogP contribution in [0, 0.1) is 17.6 Å². The molecule has 0 radical (unpaired) electrons. The molecule has 2 aromatic rings. The van der Waals surface area contributed by atoms with Crippen LogP contribution < -0.4 is 10.3 Å². The first-order valence-corrected chi connectivity index (χ1v) is 10.8. The molecular formula is C22H25F2N3O4. The number of pyridine rings is 1. The number of piperidine rings is 1. The van der Waals surface area contributed by atoms with Gasteiger partial charge in [-0.15, -0.1) is 0 Å². The van der Waals surface area contributed by atoms with Gasteiger partial charge in [-0.2, -0.15) is 0 Å². The third kappa shape index (κ3) is 3.30. The molecular weight excluding hydrogens is 408 g/mol. The number of halogens is 2. The number of hydrogen-bond donors (Lipinski definition) is 2. The molecule has 3 heterocycles. The highest BCUT2D eigenvalue weighted by molar-refractivity contribution is 5.94. The number of likely N-dealkylation sites (tertiary alicyclic amines) is 1. The number of benzene rings is 1. The smallest absolute Gasteiger partial charge is 0.341 e. The van der Waals surface area contributed by atoms with Gasteiger partial charge in [0.25, 0.3) is 0 Å². The Labute approximate surface area is 177 Å². The number of aliphatic hydroxyl groups is 1. The molecule has 0 spiro atoms. The zero-order chi connectivity index (χ0) is 21.9.